The average molecular weight is 391 g/mol. The van der Waals surface area contributed by atoms with Crippen LogP contribution < -0.4 is 0 Å². The van der Waals surface area contributed by atoms with Gasteiger partial charge in [-0.15, -0.1) is 0 Å². The van der Waals surface area contributed by atoms with Crippen LogP contribution in [0.3, 0.4) is 0 Å². The Balaban J connectivity index is 1.63. The van der Waals surface area contributed by atoms with Gasteiger partial charge in [-0.25, -0.2) is 0 Å². The first-order valence-electron chi connectivity index (χ1n) is 9.92. The van der Waals surface area contributed by atoms with Gasteiger partial charge in [0.05, 0.1) is 29.9 Å². The zero-order valence-electron chi connectivity index (χ0n) is 16.4. The normalized spacial score (nSPS) is 23.1. The number of hydrogen-bond donors (Lipinski definition) is 0. The summed E-state index contributed by atoms with van der Waals surface area (Å²) in [4.78, 5) is 37.7. The molecule has 0 unspecified atom stereocenters. The number of rotatable bonds is 6. The Morgan fingerprint density at radius 2 is 2.11 bits per heavy atom. The fourth-order valence-corrected chi connectivity index (χ4v) is 4.88. The lowest BCUT2D eigenvalue weighted by Gasteiger charge is -2.48. The van der Waals surface area contributed by atoms with E-state index in [4.69, 9.17) is 0 Å². The highest BCUT2D eigenvalue weighted by atomic mass is 32.2. The number of piperidine rings is 2. The second kappa shape index (κ2) is 9.04. The third-order valence-corrected chi connectivity index (χ3v) is 6.67. The summed E-state index contributed by atoms with van der Waals surface area (Å²) in [6, 6.07) is 0. The van der Waals surface area contributed by atoms with Crippen molar-refractivity contribution in [3.8, 4) is 0 Å². The van der Waals surface area contributed by atoms with Gasteiger partial charge in [-0.2, -0.15) is 11.8 Å². The molecule has 2 amide bonds. The molecule has 2 fully saturated rings. The maximum Gasteiger partial charge on any atom is 0.232 e. The van der Waals surface area contributed by atoms with Gasteiger partial charge in [0.15, 0.2) is 0 Å². The highest BCUT2D eigenvalue weighted by molar-refractivity contribution is 7.99. The molecule has 0 radical (unpaired) electrons. The molecule has 0 aliphatic carbocycles. The lowest BCUT2D eigenvalue weighted by atomic mass is 9.73. The van der Waals surface area contributed by atoms with E-state index in [1.807, 2.05) is 16.7 Å². The first-order valence-corrected chi connectivity index (χ1v) is 11.1. The molecule has 7 heteroatoms. The van der Waals surface area contributed by atoms with Gasteiger partial charge >= 0.3 is 0 Å². The van der Waals surface area contributed by atoms with Gasteiger partial charge in [0.2, 0.25) is 11.8 Å². The molecule has 2 aliphatic rings. The summed E-state index contributed by atoms with van der Waals surface area (Å²) in [6.07, 6.45) is 8.15. The average Bonchev–Trinajstić information content (AvgIpc) is 2.67. The van der Waals surface area contributed by atoms with Gasteiger partial charge < -0.3 is 9.80 Å². The van der Waals surface area contributed by atoms with Crippen molar-refractivity contribution in [1.82, 2.24) is 19.8 Å². The van der Waals surface area contributed by atoms with E-state index in [0.717, 1.165) is 55.9 Å². The van der Waals surface area contributed by atoms with E-state index in [-0.39, 0.29) is 17.2 Å². The Labute approximate surface area is 166 Å². The number of aromatic nitrogens is 2. The molecule has 1 atom stereocenters. The second-order valence-corrected chi connectivity index (χ2v) is 8.98. The summed E-state index contributed by atoms with van der Waals surface area (Å²) in [5.74, 6) is 2.04. The predicted molar refractivity (Wildman–Crippen MR) is 107 cm³/mol. The summed E-state index contributed by atoms with van der Waals surface area (Å²) in [6.45, 7) is 6.90. The van der Waals surface area contributed by atoms with Crippen LogP contribution in [0.5, 0.6) is 0 Å². The SMILES string of the molecule is CCCSCC(=O)N1CCC[C@@]2(CCC(=O)N(Cc3cnc(C)cn3)C2)C1. The molecule has 0 bridgehead atoms. The predicted octanol–water partition coefficient (Wildman–Crippen LogP) is 2.66. The molecule has 1 aromatic rings. The minimum atomic E-state index is 0.0371. The number of carbonyl (C=O) groups is 2. The van der Waals surface area contributed by atoms with Gasteiger partial charge in [0.1, 0.15) is 0 Å². The minimum absolute atomic E-state index is 0.0371. The molecule has 27 heavy (non-hydrogen) atoms. The Hall–Kier alpha value is -1.63. The smallest absolute Gasteiger partial charge is 0.232 e. The Morgan fingerprint density at radius 1 is 1.26 bits per heavy atom. The van der Waals surface area contributed by atoms with Gasteiger partial charge in [-0.05, 0) is 38.4 Å². The van der Waals surface area contributed by atoms with Crippen LogP contribution in [0.25, 0.3) is 0 Å². The second-order valence-electron chi connectivity index (χ2n) is 7.87. The first-order chi connectivity index (χ1) is 13.0. The zero-order valence-corrected chi connectivity index (χ0v) is 17.3. The quantitative estimate of drug-likeness (QED) is 0.699. The summed E-state index contributed by atoms with van der Waals surface area (Å²) < 4.78 is 0. The molecule has 3 rings (SSSR count). The van der Waals surface area contributed by atoms with E-state index in [1.54, 1.807) is 24.2 Å². The third-order valence-electron chi connectivity index (χ3n) is 5.52. The molecular formula is C20H30N4O2S. The highest BCUT2D eigenvalue weighted by Crippen LogP contribution is 2.39. The van der Waals surface area contributed by atoms with Crippen LogP contribution in [0.4, 0.5) is 0 Å². The van der Waals surface area contributed by atoms with Crippen LogP contribution in [-0.4, -0.2) is 62.7 Å². The third kappa shape index (κ3) is 5.21. The number of aryl methyl sites for hydroxylation is 1. The lowest BCUT2D eigenvalue weighted by Crippen LogP contribution is -2.55. The summed E-state index contributed by atoms with van der Waals surface area (Å²) in [5.41, 5.74) is 1.74. The van der Waals surface area contributed by atoms with Crippen molar-refractivity contribution in [1.29, 1.82) is 0 Å². The summed E-state index contributed by atoms with van der Waals surface area (Å²) in [7, 11) is 0. The van der Waals surface area contributed by atoms with Crippen LogP contribution in [-0.2, 0) is 16.1 Å². The number of likely N-dealkylation sites (tertiary alicyclic amines) is 2. The lowest BCUT2D eigenvalue weighted by molar-refractivity contribution is -0.142. The standard InChI is InChI=1S/C20H30N4O2S/c1-3-9-27-13-19(26)23-8-4-6-20(14-23)7-5-18(25)24(15-20)12-17-11-21-16(2)10-22-17/h10-11H,3-9,12-15H2,1-2H3/t20-/m1/s1. The molecule has 3 heterocycles. The molecule has 1 aromatic heterocycles. The molecule has 0 N–H and O–H groups in total. The van der Waals surface area contributed by atoms with Gasteiger partial charge in [-0.3, -0.25) is 19.6 Å². The van der Waals surface area contributed by atoms with Gasteiger partial charge in [-0.1, -0.05) is 6.92 Å². The minimum Gasteiger partial charge on any atom is -0.341 e. The summed E-state index contributed by atoms with van der Waals surface area (Å²) >= 11 is 1.72. The number of carbonyl (C=O) groups excluding carboxylic acids is 2. The largest absolute Gasteiger partial charge is 0.341 e. The number of amides is 2. The number of thioether (sulfide) groups is 1. The molecular weight excluding hydrogens is 360 g/mol. The van der Waals surface area contributed by atoms with Gasteiger partial charge in [0, 0.05) is 37.7 Å². The fraction of sp³-hybridized carbons (Fsp3) is 0.700. The highest BCUT2D eigenvalue weighted by Gasteiger charge is 2.42. The van der Waals surface area contributed by atoms with Crippen molar-refractivity contribution in [2.75, 3.05) is 31.1 Å². The van der Waals surface area contributed by atoms with E-state index in [0.29, 0.717) is 25.3 Å². The van der Waals surface area contributed by atoms with Crippen LogP contribution in [0.1, 0.15) is 50.4 Å². The molecule has 0 saturated carbocycles. The molecule has 2 saturated heterocycles. The van der Waals surface area contributed by atoms with Crippen molar-refractivity contribution < 1.29 is 9.59 Å². The van der Waals surface area contributed by atoms with E-state index >= 15 is 0 Å². The Bertz CT molecular complexity index is 666. The first kappa shape index (κ1) is 20.1. The number of nitrogens with zero attached hydrogens (tertiary/aromatic N) is 4. The van der Waals surface area contributed by atoms with Crippen LogP contribution in [0.15, 0.2) is 12.4 Å². The Kier molecular flexibility index (Phi) is 6.73. The van der Waals surface area contributed by atoms with Crippen molar-refractivity contribution in [3.05, 3.63) is 23.8 Å². The Morgan fingerprint density at radius 3 is 2.85 bits per heavy atom. The topological polar surface area (TPSA) is 66.4 Å². The van der Waals surface area contributed by atoms with Crippen molar-refractivity contribution in [3.63, 3.8) is 0 Å². The maximum absolute atomic E-state index is 12.6. The fourth-order valence-electron chi connectivity index (χ4n) is 4.09. The van der Waals surface area contributed by atoms with E-state index in [9.17, 15) is 9.59 Å². The molecule has 2 aliphatic heterocycles. The number of hydrogen-bond acceptors (Lipinski definition) is 5. The molecule has 148 valence electrons. The molecule has 0 aromatic carbocycles. The maximum atomic E-state index is 12.6. The van der Waals surface area contributed by atoms with Crippen LogP contribution in [0, 0.1) is 12.3 Å². The van der Waals surface area contributed by atoms with Crippen LogP contribution >= 0.6 is 11.8 Å². The van der Waals surface area contributed by atoms with E-state index < -0.39 is 0 Å². The monoisotopic (exact) mass is 390 g/mol. The van der Waals surface area contributed by atoms with Crippen LogP contribution in [0.2, 0.25) is 0 Å². The van der Waals surface area contributed by atoms with Crippen molar-refractivity contribution in [2.45, 2.75) is 52.5 Å². The van der Waals surface area contributed by atoms with E-state index in [1.165, 1.54) is 0 Å². The zero-order chi connectivity index (χ0) is 19.3. The van der Waals surface area contributed by atoms with Gasteiger partial charge in [0.25, 0.3) is 0 Å². The summed E-state index contributed by atoms with van der Waals surface area (Å²) in [5, 5.41) is 0. The van der Waals surface area contributed by atoms with Crippen molar-refractivity contribution >= 4 is 23.6 Å². The van der Waals surface area contributed by atoms with E-state index in [2.05, 4.69) is 16.9 Å². The van der Waals surface area contributed by atoms with Crippen molar-refractivity contribution in [2.24, 2.45) is 5.41 Å². The molecule has 6 nitrogen and oxygen atoms in total. The molecule has 1 spiro atoms.